The molecule has 0 radical (unpaired) electrons. The lowest BCUT2D eigenvalue weighted by atomic mass is 9.58. The maximum absolute atomic E-state index is 13.9. The summed E-state index contributed by atoms with van der Waals surface area (Å²) >= 11 is 0. The Morgan fingerprint density at radius 1 is 1.09 bits per heavy atom. The van der Waals surface area contributed by atoms with Gasteiger partial charge in [0.2, 0.25) is 5.88 Å². The highest BCUT2D eigenvalue weighted by Gasteiger charge is 2.58. The summed E-state index contributed by atoms with van der Waals surface area (Å²) in [5.41, 5.74) is 2.21. The molecule has 5 rings (SSSR count). The van der Waals surface area contributed by atoms with Gasteiger partial charge in [-0.25, -0.2) is 4.98 Å². The average Bonchev–Trinajstić information content (AvgIpc) is 2.81. The lowest BCUT2D eigenvalue weighted by Crippen LogP contribution is -2.55. The first-order valence-electron chi connectivity index (χ1n) is 11.5. The van der Waals surface area contributed by atoms with E-state index in [1.807, 2.05) is 24.3 Å². The standard InChI is InChI=1S/C27H29NO4/c1-17-14-19-15-22-21(12-13-24(28-22)31-2)27(16-17,25(19)29)26(30)32-23-11-7-6-10-20(23)18-8-4-3-5-9-18/h3-5,8-9,12-13,19-20,23H,1,6-7,10-11,14-16H2,2H3/t19-,20+,23-,27-/m1/s1. The van der Waals surface area contributed by atoms with Crippen LogP contribution in [0.5, 0.6) is 5.88 Å². The Hall–Kier alpha value is -2.95. The molecule has 3 aliphatic carbocycles. The molecule has 32 heavy (non-hydrogen) atoms. The molecule has 0 N–H and O–H groups in total. The molecule has 2 aromatic rings. The summed E-state index contributed by atoms with van der Waals surface area (Å²) < 4.78 is 11.5. The minimum atomic E-state index is -1.34. The predicted molar refractivity (Wildman–Crippen MR) is 121 cm³/mol. The third-order valence-electron chi connectivity index (χ3n) is 7.44. The van der Waals surface area contributed by atoms with Gasteiger partial charge in [0.25, 0.3) is 0 Å². The van der Waals surface area contributed by atoms with Crippen molar-refractivity contribution in [1.29, 1.82) is 0 Å². The van der Waals surface area contributed by atoms with E-state index in [0.29, 0.717) is 30.7 Å². The number of pyridine rings is 1. The molecular formula is C27H29NO4. The van der Waals surface area contributed by atoms with Gasteiger partial charge in [-0.15, -0.1) is 0 Å². The highest BCUT2D eigenvalue weighted by molar-refractivity contribution is 6.13. The monoisotopic (exact) mass is 431 g/mol. The number of fused-ring (bicyclic) bond motifs is 4. The van der Waals surface area contributed by atoms with Gasteiger partial charge in [-0.1, -0.05) is 55.0 Å². The van der Waals surface area contributed by atoms with Gasteiger partial charge in [0, 0.05) is 30.0 Å². The fourth-order valence-corrected chi connectivity index (χ4v) is 5.93. The number of nitrogens with zero attached hydrogens (tertiary/aromatic N) is 1. The maximum Gasteiger partial charge on any atom is 0.324 e. The molecule has 4 atom stereocenters. The van der Waals surface area contributed by atoms with Crippen LogP contribution in [0.25, 0.3) is 0 Å². The van der Waals surface area contributed by atoms with Crippen molar-refractivity contribution < 1.29 is 19.1 Å². The fraction of sp³-hybridized carbons (Fsp3) is 0.444. The molecule has 0 aliphatic heterocycles. The normalized spacial score (nSPS) is 29.2. The first-order chi connectivity index (χ1) is 15.5. The average molecular weight is 432 g/mol. The van der Waals surface area contributed by atoms with Crippen molar-refractivity contribution in [1.82, 2.24) is 4.98 Å². The second-order valence-corrected chi connectivity index (χ2v) is 9.39. The molecule has 2 bridgehead atoms. The first kappa shape index (κ1) is 20.9. The van der Waals surface area contributed by atoms with E-state index in [4.69, 9.17) is 9.47 Å². The number of hydrogen-bond donors (Lipinski definition) is 0. The van der Waals surface area contributed by atoms with Crippen LogP contribution >= 0.6 is 0 Å². The fourth-order valence-electron chi connectivity index (χ4n) is 5.93. The zero-order chi connectivity index (χ0) is 22.3. The van der Waals surface area contributed by atoms with Crippen LogP contribution in [0.4, 0.5) is 0 Å². The largest absolute Gasteiger partial charge is 0.481 e. The van der Waals surface area contributed by atoms with Gasteiger partial charge >= 0.3 is 5.97 Å². The molecule has 0 spiro atoms. The van der Waals surface area contributed by atoms with Crippen LogP contribution in [0.1, 0.15) is 61.3 Å². The van der Waals surface area contributed by atoms with Crippen LogP contribution < -0.4 is 4.74 Å². The van der Waals surface area contributed by atoms with E-state index in [9.17, 15) is 9.59 Å². The van der Waals surface area contributed by atoms with Gasteiger partial charge in [-0.05, 0) is 43.2 Å². The van der Waals surface area contributed by atoms with E-state index >= 15 is 0 Å². The molecule has 2 fully saturated rings. The van der Waals surface area contributed by atoms with Crippen molar-refractivity contribution in [3.05, 3.63) is 71.4 Å². The van der Waals surface area contributed by atoms with Gasteiger partial charge in [0.1, 0.15) is 6.10 Å². The molecule has 1 aromatic carbocycles. The summed E-state index contributed by atoms with van der Waals surface area (Å²) in [5.74, 6) is -0.113. The van der Waals surface area contributed by atoms with Crippen LogP contribution in [0, 0.1) is 5.92 Å². The Morgan fingerprint density at radius 2 is 1.88 bits per heavy atom. The Morgan fingerprint density at radius 3 is 2.66 bits per heavy atom. The smallest absolute Gasteiger partial charge is 0.324 e. The van der Waals surface area contributed by atoms with Gasteiger partial charge in [0.05, 0.1) is 7.11 Å². The number of carbonyl (C=O) groups is 2. The highest BCUT2D eigenvalue weighted by Crippen LogP contribution is 2.49. The first-order valence-corrected chi connectivity index (χ1v) is 11.5. The van der Waals surface area contributed by atoms with E-state index in [1.165, 1.54) is 5.56 Å². The second-order valence-electron chi connectivity index (χ2n) is 9.39. The summed E-state index contributed by atoms with van der Waals surface area (Å²) in [6, 6.07) is 13.8. The number of esters is 1. The molecule has 3 aliphatic rings. The molecular weight excluding hydrogens is 402 g/mol. The number of rotatable bonds is 4. The third-order valence-corrected chi connectivity index (χ3v) is 7.44. The number of aromatic nitrogens is 1. The molecule has 0 saturated heterocycles. The van der Waals surface area contributed by atoms with E-state index in [2.05, 4.69) is 23.7 Å². The lowest BCUT2D eigenvalue weighted by Gasteiger charge is -2.44. The zero-order valence-electron chi connectivity index (χ0n) is 18.5. The van der Waals surface area contributed by atoms with Crippen molar-refractivity contribution in [3.8, 4) is 5.88 Å². The van der Waals surface area contributed by atoms with Crippen molar-refractivity contribution in [2.75, 3.05) is 7.11 Å². The number of hydrogen-bond acceptors (Lipinski definition) is 5. The Kier molecular flexibility index (Phi) is 5.36. The van der Waals surface area contributed by atoms with Crippen LogP contribution in [0.15, 0.2) is 54.6 Å². The van der Waals surface area contributed by atoms with Crippen molar-refractivity contribution in [2.45, 2.75) is 62.4 Å². The molecule has 166 valence electrons. The van der Waals surface area contributed by atoms with Gasteiger partial charge in [0.15, 0.2) is 11.2 Å². The molecule has 2 saturated carbocycles. The Bertz CT molecular complexity index is 1060. The summed E-state index contributed by atoms with van der Waals surface area (Å²) in [4.78, 5) is 32.1. The van der Waals surface area contributed by atoms with Crippen LogP contribution in [0.2, 0.25) is 0 Å². The number of ether oxygens (including phenoxy) is 2. The number of Topliss-reactive ketones (excluding diaryl/α,β-unsaturated/α-hetero) is 1. The second kappa shape index (κ2) is 8.19. The number of carbonyl (C=O) groups excluding carboxylic acids is 2. The number of ketones is 1. The van der Waals surface area contributed by atoms with E-state index in [1.54, 1.807) is 13.2 Å². The summed E-state index contributed by atoms with van der Waals surface area (Å²) in [7, 11) is 1.57. The molecule has 0 unspecified atom stereocenters. The van der Waals surface area contributed by atoms with Crippen molar-refractivity contribution in [2.24, 2.45) is 5.92 Å². The Labute approximate surface area is 188 Å². The minimum absolute atomic E-state index is 0.0403. The molecule has 1 heterocycles. The highest BCUT2D eigenvalue weighted by atomic mass is 16.5. The zero-order valence-corrected chi connectivity index (χ0v) is 18.5. The van der Waals surface area contributed by atoms with Gasteiger partial charge in [-0.2, -0.15) is 0 Å². The van der Waals surface area contributed by atoms with Crippen molar-refractivity contribution >= 4 is 11.8 Å². The van der Waals surface area contributed by atoms with Crippen molar-refractivity contribution in [3.63, 3.8) is 0 Å². The third kappa shape index (κ3) is 3.35. The van der Waals surface area contributed by atoms with Gasteiger partial charge < -0.3 is 9.47 Å². The quantitative estimate of drug-likeness (QED) is 0.399. The number of allylic oxidation sites excluding steroid dienone is 1. The topological polar surface area (TPSA) is 65.5 Å². The van der Waals surface area contributed by atoms with E-state index in [0.717, 1.165) is 37.0 Å². The Balaban J connectivity index is 1.52. The summed E-state index contributed by atoms with van der Waals surface area (Å²) in [6.45, 7) is 4.17. The lowest BCUT2D eigenvalue weighted by molar-refractivity contribution is -0.164. The maximum atomic E-state index is 13.9. The van der Waals surface area contributed by atoms with Crippen LogP contribution in [-0.2, 0) is 26.2 Å². The molecule has 5 heteroatoms. The predicted octanol–water partition coefficient (Wildman–Crippen LogP) is 4.69. The van der Waals surface area contributed by atoms with E-state index in [-0.39, 0.29) is 23.7 Å². The minimum Gasteiger partial charge on any atom is -0.481 e. The molecule has 1 aromatic heterocycles. The summed E-state index contributed by atoms with van der Waals surface area (Å²) in [5, 5.41) is 0. The van der Waals surface area contributed by atoms with E-state index < -0.39 is 11.4 Å². The number of benzene rings is 1. The molecule has 5 nitrogen and oxygen atoms in total. The SMILES string of the molecule is C=C1C[C@@H]2Cc3nc(OC)ccc3[C@](C(=O)O[C@@H]3CCCC[C@H]3c3ccccc3)(C1)C2=O. The van der Waals surface area contributed by atoms with Gasteiger partial charge in [-0.3, -0.25) is 9.59 Å². The van der Waals surface area contributed by atoms with Crippen LogP contribution in [-0.4, -0.2) is 30.0 Å². The number of methoxy groups -OCH3 is 1. The summed E-state index contributed by atoms with van der Waals surface area (Å²) in [6.07, 6.45) is 5.10. The molecule has 0 amide bonds. The van der Waals surface area contributed by atoms with Crippen LogP contribution in [0.3, 0.4) is 0 Å².